The molecule has 1 unspecified atom stereocenters. The summed E-state index contributed by atoms with van der Waals surface area (Å²) >= 11 is 0. The molecule has 1 aromatic carbocycles. The summed E-state index contributed by atoms with van der Waals surface area (Å²) < 4.78 is 23.6. The number of urea groups is 1. The van der Waals surface area contributed by atoms with Gasteiger partial charge in [-0.2, -0.15) is 0 Å². The second-order valence-electron chi connectivity index (χ2n) is 9.73. The molecule has 2 aliphatic carbocycles. The molecule has 178 valence electrons. The maximum absolute atomic E-state index is 12.7. The van der Waals surface area contributed by atoms with Crippen LogP contribution in [0.1, 0.15) is 43.9 Å². The molecule has 0 bridgehead atoms. The molecule has 6 nitrogen and oxygen atoms in total. The van der Waals surface area contributed by atoms with Gasteiger partial charge in [0.2, 0.25) is 0 Å². The molecule has 1 aromatic heterocycles. The van der Waals surface area contributed by atoms with Crippen molar-refractivity contribution in [2.24, 2.45) is 5.92 Å². The van der Waals surface area contributed by atoms with E-state index in [0.717, 1.165) is 41.6 Å². The first-order valence-electron chi connectivity index (χ1n) is 12.1. The van der Waals surface area contributed by atoms with Crippen LogP contribution in [0.2, 0.25) is 0 Å². The van der Waals surface area contributed by atoms with Crippen LogP contribution in [0.25, 0.3) is 16.7 Å². The van der Waals surface area contributed by atoms with E-state index >= 15 is 0 Å². The van der Waals surface area contributed by atoms with E-state index in [1.165, 1.54) is 30.2 Å². The van der Waals surface area contributed by atoms with Gasteiger partial charge >= 0.3 is 6.03 Å². The van der Waals surface area contributed by atoms with Crippen molar-refractivity contribution in [1.82, 2.24) is 15.2 Å². The fourth-order valence-corrected chi connectivity index (χ4v) is 5.94. The first kappa shape index (κ1) is 22.8. The highest BCUT2D eigenvalue weighted by Gasteiger charge is 2.29. The lowest BCUT2D eigenvalue weighted by Gasteiger charge is -2.33. The Morgan fingerprint density at radius 3 is 2.50 bits per heavy atom. The van der Waals surface area contributed by atoms with Crippen LogP contribution in [0.3, 0.4) is 0 Å². The van der Waals surface area contributed by atoms with Gasteiger partial charge in [0, 0.05) is 49.1 Å². The third kappa shape index (κ3) is 4.53. The Labute approximate surface area is 201 Å². The molecule has 5 rings (SSSR count). The van der Waals surface area contributed by atoms with Gasteiger partial charge in [-0.1, -0.05) is 44.1 Å². The number of benzene rings is 1. The largest absolute Gasteiger partial charge is 0.335 e. The number of nitrogens with zero attached hydrogens (tertiary/aromatic N) is 2. The van der Waals surface area contributed by atoms with Gasteiger partial charge < -0.3 is 10.2 Å². The van der Waals surface area contributed by atoms with Crippen LogP contribution in [-0.4, -0.2) is 49.7 Å². The zero-order valence-corrected chi connectivity index (χ0v) is 20.6. The summed E-state index contributed by atoms with van der Waals surface area (Å²) in [6.07, 6.45) is 12.9. The highest BCUT2D eigenvalue weighted by Crippen LogP contribution is 2.38. The van der Waals surface area contributed by atoms with E-state index in [1.807, 2.05) is 23.2 Å². The van der Waals surface area contributed by atoms with E-state index in [2.05, 4.69) is 30.5 Å². The number of nitrogens with one attached hydrogen (secondary N) is 1. The first-order chi connectivity index (χ1) is 16.3. The summed E-state index contributed by atoms with van der Waals surface area (Å²) in [5, 5.41) is 3.20. The third-order valence-corrected chi connectivity index (χ3v) is 8.34. The summed E-state index contributed by atoms with van der Waals surface area (Å²) in [4.78, 5) is 19.7. The van der Waals surface area contributed by atoms with Gasteiger partial charge in [0.05, 0.1) is 10.6 Å². The molecule has 7 heteroatoms. The van der Waals surface area contributed by atoms with Crippen LogP contribution in [-0.2, 0) is 16.3 Å². The lowest BCUT2D eigenvalue weighted by Crippen LogP contribution is -2.47. The zero-order valence-electron chi connectivity index (χ0n) is 19.8. The Balaban J connectivity index is 1.35. The lowest BCUT2D eigenvalue weighted by molar-refractivity contribution is 0.191. The van der Waals surface area contributed by atoms with Gasteiger partial charge in [-0.25, -0.2) is 13.2 Å². The minimum absolute atomic E-state index is 0.0522. The molecule has 3 aliphatic rings. The number of hydrogen-bond acceptors (Lipinski definition) is 4. The van der Waals surface area contributed by atoms with Crippen molar-refractivity contribution in [1.29, 1.82) is 0 Å². The van der Waals surface area contributed by atoms with E-state index in [-0.39, 0.29) is 11.9 Å². The van der Waals surface area contributed by atoms with Crippen LogP contribution < -0.4 is 5.32 Å². The smallest absolute Gasteiger partial charge is 0.317 e. The quantitative estimate of drug-likeness (QED) is 0.697. The summed E-state index contributed by atoms with van der Waals surface area (Å²) in [5.41, 5.74) is 6.57. The lowest BCUT2D eigenvalue weighted by atomic mass is 9.87. The molecule has 0 saturated heterocycles. The van der Waals surface area contributed by atoms with Crippen molar-refractivity contribution in [3.8, 4) is 11.1 Å². The van der Waals surface area contributed by atoms with Crippen LogP contribution in [0.15, 0.2) is 59.1 Å². The van der Waals surface area contributed by atoms with Crippen molar-refractivity contribution in [3.05, 3.63) is 65.5 Å². The molecule has 0 spiro atoms. The Kier molecular flexibility index (Phi) is 6.06. The minimum atomic E-state index is -3.22. The number of pyridine rings is 1. The average Bonchev–Trinajstić information content (AvgIpc) is 3.48. The van der Waals surface area contributed by atoms with Gasteiger partial charge in [0.15, 0.2) is 9.84 Å². The molecule has 2 aromatic rings. The van der Waals surface area contributed by atoms with Crippen molar-refractivity contribution in [2.45, 2.75) is 50.0 Å². The minimum Gasteiger partial charge on any atom is -0.335 e. The summed E-state index contributed by atoms with van der Waals surface area (Å²) in [5.74, 6) is 0.234. The number of sulfone groups is 1. The van der Waals surface area contributed by atoms with E-state index < -0.39 is 9.84 Å². The number of amides is 2. The summed E-state index contributed by atoms with van der Waals surface area (Å²) in [7, 11) is -3.22. The standard InChI is InChI=1S/C27H31N3O3S/c1-18-17-30(27(31)29-21-5-3-4-6-21)14-13-23(18)24-11-12-26-25(24)15-20(16-28-26)19-7-9-22(10-8-19)34(2,32)33/h7-11,13,15-16,18,21H,3-6,12,14,17H2,1-2H3,(H,29,31). The SMILES string of the molecule is CC1CN(C(=O)NC2CCCC2)CC=C1C1=CCc2ncc(-c3ccc(S(C)(=O)=O)cc3)cc21. The van der Waals surface area contributed by atoms with Gasteiger partial charge in [0.1, 0.15) is 0 Å². The van der Waals surface area contributed by atoms with E-state index in [1.54, 1.807) is 12.1 Å². The molecular weight excluding hydrogens is 446 g/mol. The van der Waals surface area contributed by atoms with Gasteiger partial charge in [0.25, 0.3) is 0 Å². The predicted octanol–water partition coefficient (Wildman–Crippen LogP) is 4.62. The number of allylic oxidation sites excluding steroid dienone is 2. The normalized spacial score (nSPS) is 20.6. The zero-order chi connectivity index (χ0) is 23.9. The Morgan fingerprint density at radius 2 is 1.82 bits per heavy atom. The van der Waals surface area contributed by atoms with Crippen LogP contribution >= 0.6 is 0 Å². The van der Waals surface area contributed by atoms with Crippen LogP contribution in [0, 0.1) is 5.92 Å². The van der Waals surface area contributed by atoms with E-state index in [4.69, 9.17) is 4.98 Å². The summed E-state index contributed by atoms with van der Waals surface area (Å²) in [6, 6.07) is 9.49. The second-order valence-corrected chi connectivity index (χ2v) is 11.7. The van der Waals surface area contributed by atoms with Crippen molar-refractivity contribution in [3.63, 3.8) is 0 Å². The topological polar surface area (TPSA) is 79.4 Å². The van der Waals surface area contributed by atoms with E-state index in [0.29, 0.717) is 24.0 Å². The van der Waals surface area contributed by atoms with E-state index in [9.17, 15) is 13.2 Å². The number of aromatic nitrogens is 1. The number of carbonyl (C=O) groups is 1. The molecule has 2 amide bonds. The number of carbonyl (C=O) groups excluding carboxylic acids is 1. The van der Waals surface area contributed by atoms with Gasteiger partial charge in [-0.15, -0.1) is 0 Å². The maximum Gasteiger partial charge on any atom is 0.317 e. The van der Waals surface area contributed by atoms with Crippen LogP contribution in [0.4, 0.5) is 4.79 Å². The Bertz CT molecular complexity index is 1270. The molecule has 1 saturated carbocycles. The average molecular weight is 478 g/mol. The number of rotatable bonds is 4. The fourth-order valence-electron chi connectivity index (χ4n) is 5.31. The molecule has 1 atom stereocenters. The molecule has 1 aliphatic heterocycles. The monoisotopic (exact) mass is 477 g/mol. The van der Waals surface area contributed by atoms with Crippen molar-refractivity contribution >= 4 is 21.4 Å². The number of fused-ring (bicyclic) bond motifs is 1. The molecule has 1 N–H and O–H groups in total. The van der Waals surface area contributed by atoms with Crippen LogP contribution in [0.5, 0.6) is 0 Å². The first-order valence-corrected chi connectivity index (χ1v) is 13.9. The maximum atomic E-state index is 12.7. The molecule has 0 radical (unpaired) electrons. The molecule has 1 fully saturated rings. The number of hydrogen-bond donors (Lipinski definition) is 1. The predicted molar refractivity (Wildman–Crippen MR) is 134 cm³/mol. The second kappa shape index (κ2) is 9.02. The van der Waals surface area contributed by atoms with Gasteiger partial charge in [-0.05, 0) is 53.7 Å². The molecule has 2 heterocycles. The fraction of sp³-hybridized carbons (Fsp3) is 0.407. The van der Waals surface area contributed by atoms with Crippen molar-refractivity contribution in [2.75, 3.05) is 19.3 Å². The third-order valence-electron chi connectivity index (χ3n) is 7.21. The van der Waals surface area contributed by atoms with Gasteiger partial charge in [-0.3, -0.25) is 4.98 Å². The summed E-state index contributed by atoms with van der Waals surface area (Å²) in [6.45, 7) is 3.50. The molecule has 34 heavy (non-hydrogen) atoms. The highest BCUT2D eigenvalue weighted by molar-refractivity contribution is 7.90. The Hall–Kier alpha value is -2.93. The van der Waals surface area contributed by atoms with Crippen molar-refractivity contribution < 1.29 is 13.2 Å². The Morgan fingerprint density at radius 1 is 1.09 bits per heavy atom. The molecular formula is C27H31N3O3S. The highest BCUT2D eigenvalue weighted by atomic mass is 32.2.